The topological polar surface area (TPSA) is 36.7 Å². The number of furan rings is 1. The highest BCUT2D eigenvalue weighted by molar-refractivity contribution is 5.77. The van der Waals surface area contributed by atoms with Gasteiger partial charge in [0.2, 0.25) is 5.91 Å². The molecule has 0 spiro atoms. The Morgan fingerprint density at radius 3 is 2.70 bits per heavy atom. The summed E-state index contributed by atoms with van der Waals surface area (Å²) in [4.78, 5) is 16.4. The van der Waals surface area contributed by atoms with Crippen molar-refractivity contribution in [1.82, 2.24) is 9.80 Å². The normalized spacial score (nSPS) is 16.6. The van der Waals surface area contributed by atoms with Crippen molar-refractivity contribution in [3.05, 3.63) is 24.2 Å². The van der Waals surface area contributed by atoms with Crippen LogP contribution in [0.15, 0.2) is 22.8 Å². The van der Waals surface area contributed by atoms with Crippen molar-refractivity contribution >= 4 is 5.91 Å². The Labute approximate surface area is 121 Å². The highest BCUT2D eigenvalue weighted by Crippen LogP contribution is 2.22. The highest BCUT2D eigenvalue weighted by atomic mass is 16.3. The number of carbonyl (C=O) groups excluding carboxylic acids is 1. The second-order valence-corrected chi connectivity index (χ2v) is 5.68. The van der Waals surface area contributed by atoms with E-state index < -0.39 is 0 Å². The Morgan fingerprint density at radius 2 is 2.10 bits per heavy atom. The maximum absolute atomic E-state index is 12.3. The number of hydrogen-bond acceptors (Lipinski definition) is 3. The van der Waals surface area contributed by atoms with Crippen LogP contribution in [0, 0.1) is 0 Å². The van der Waals surface area contributed by atoms with Gasteiger partial charge in [0.1, 0.15) is 5.76 Å². The smallest absolute Gasteiger partial charge is 0.236 e. The number of carbonyl (C=O) groups is 1. The summed E-state index contributed by atoms with van der Waals surface area (Å²) < 4.78 is 5.29. The first-order valence-corrected chi connectivity index (χ1v) is 7.71. The number of likely N-dealkylation sites (N-methyl/N-ethyl adjacent to an activating group) is 2. The molecule has 0 N–H and O–H groups in total. The van der Waals surface area contributed by atoms with E-state index in [1.165, 1.54) is 32.1 Å². The van der Waals surface area contributed by atoms with E-state index >= 15 is 0 Å². The lowest BCUT2D eigenvalue weighted by atomic mass is 9.94. The SMILES string of the molecule is CCN(CC(=O)N(C)Cc1ccco1)C1CCCCC1. The van der Waals surface area contributed by atoms with Crippen LogP contribution >= 0.6 is 0 Å². The Balaban J connectivity index is 1.84. The largest absolute Gasteiger partial charge is 0.467 e. The quantitative estimate of drug-likeness (QED) is 0.803. The van der Waals surface area contributed by atoms with E-state index in [2.05, 4.69) is 11.8 Å². The lowest BCUT2D eigenvalue weighted by Crippen LogP contribution is -2.44. The first-order valence-electron chi connectivity index (χ1n) is 7.71. The molecule has 20 heavy (non-hydrogen) atoms. The lowest BCUT2D eigenvalue weighted by Gasteiger charge is -2.33. The second kappa shape index (κ2) is 7.48. The maximum Gasteiger partial charge on any atom is 0.236 e. The van der Waals surface area contributed by atoms with Crippen molar-refractivity contribution in [2.24, 2.45) is 0 Å². The van der Waals surface area contributed by atoms with Crippen molar-refractivity contribution in [2.45, 2.75) is 51.6 Å². The second-order valence-electron chi connectivity index (χ2n) is 5.68. The van der Waals surface area contributed by atoms with Gasteiger partial charge in [0, 0.05) is 13.1 Å². The van der Waals surface area contributed by atoms with E-state index in [-0.39, 0.29) is 5.91 Å². The van der Waals surface area contributed by atoms with Crippen LogP contribution in [0.1, 0.15) is 44.8 Å². The van der Waals surface area contributed by atoms with Gasteiger partial charge in [-0.05, 0) is 31.5 Å². The minimum Gasteiger partial charge on any atom is -0.467 e. The first kappa shape index (κ1) is 15.1. The third-order valence-electron chi connectivity index (χ3n) is 4.23. The van der Waals surface area contributed by atoms with Crippen molar-refractivity contribution in [2.75, 3.05) is 20.1 Å². The molecule has 1 saturated carbocycles. The van der Waals surface area contributed by atoms with Crippen LogP contribution < -0.4 is 0 Å². The molecule has 0 radical (unpaired) electrons. The standard InChI is InChI=1S/C16H26N2O2/c1-3-18(14-8-5-4-6-9-14)13-16(19)17(2)12-15-10-7-11-20-15/h7,10-11,14H,3-6,8-9,12-13H2,1-2H3. The summed E-state index contributed by atoms with van der Waals surface area (Å²) >= 11 is 0. The van der Waals surface area contributed by atoms with Gasteiger partial charge in [-0.15, -0.1) is 0 Å². The van der Waals surface area contributed by atoms with Crippen LogP contribution in [0.5, 0.6) is 0 Å². The third kappa shape index (κ3) is 4.10. The Morgan fingerprint density at radius 1 is 1.35 bits per heavy atom. The highest BCUT2D eigenvalue weighted by Gasteiger charge is 2.23. The number of amides is 1. The van der Waals surface area contributed by atoms with Crippen LogP contribution in [0.4, 0.5) is 0 Å². The Hall–Kier alpha value is -1.29. The van der Waals surface area contributed by atoms with Crippen LogP contribution in [-0.4, -0.2) is 41.9 Å². The zero-order valence-corrected chi connectivity index (χ0v) is 12.7. The fraction of sp³-hybridized carbons (Fsp3) is 0.688. The number of nitrogens with zero attached hydrogens (tertiary/aromatic N) is 2. The minimum absolute atomic E-state index is 0.175. The molecule has 1 heterocycles. The van der Waals surface area contributed by atoms with E-state index in [0.717, 1.165) is 12.3 Å². The molecule has 1 aromatic heterocycles. The van der Waals surface area contributed by atoms with Gasteiger partial charge in [-0.3, -0.25) is 9.69 Å². The summed E-state index contributed by atoms with van der Waals surface area (Å²) in [6, 6.07) is 4.35. The van der Waals surface area contributed by atoms with Gasteiger partial charge in [-0.25, -0.2) is 0 Å². The van der Waals surface area contributed by atoms with E-state index in [1.54, 1.807) is 11.2 Å². The zero-order valence-electron chi connectivity index (χ0n) is 12.7. The van der Waals surface area contributed by atoms with Crippen LogP contribution in [0.25, 0.3) is 0 Å². The Bertz CT molecular complexity index is 397. The van der Waals surface area contributed by atoms with Gasteiger partial charge in [0.15, 0.2) is 0 Å². The molecule has 1 aromatic rings. The molecule has 2 rings (SSSR count). The average Bonchev–Trinajstić information content (AvgIpc) is 2.98. The average molecular weight is 278 g/mol. The van der Waals surface area contributed by atoms with Crippen LogP contribution in [-0.2, 0) is 11.3 Å². The first-order chi connectivity index (χ1) is 9.70. The molecular weight excluding hydrogens is 252 g/mol. The van der Waals surface area contributed by atoms with Gasteiger partial charge < -0.3 is 9.32 Å². The third-order valence-corrected chi connectivity index (χ3v) is 4.23. The number of rotatable bonds is 6. The summed E-state index contributed by atoms with van der Waals surface area (Å²) in [5.41, 5.74) is 0. The molecule has 1 fully saturated rings. The Kier molecular flexibility index (Phi) is 5.65. The summed E-state index contributed by atoms with van der Waals surface area (Å²) in [7, 11) is 1.85. The molecule has 0 saturated heterocycles. The molecule has 4 nitrogen and oxygen atoms in total. The molecule has 0 atom stereocenters. The van der Waals surface area contributed by atoms with Crippen LogP contribution in [0.3, 0.4) is 0 Å². The number of hydrogen-bond donors (Lipinski definition) is 0. The lowest BCUT2D eigenvalue weighted by molar-refractivity contribution is -0.132. The van der Waals surface area contributed by atoms with Gasteiger partial charge in [-0.1, -0.05) is 26.2 Å². The summed E-state index contributed by atoms with van der Waals surface area (Å²) in [5.74, 6) is 1.01. The molecule has 0 unspecified atom stereocenters. The monoisotopic (exact) mass is 278 g/mol. The summed E-state index contributed by atoms with van der Waals surface area (Å²) in [6.45, 7) is 4.17. The summed E-state index contributed by atoms with van der Waals surface area (Å²) in [6.07, 6.45) is 8.08. The van der Waals surface area contributed by atoms with Crippen LogP contribution in [0.2, 0.25) is 0 Å². The molecule has 1 aliphatic rings. The van der Waals surface area contributed by atoms with Crippen molar-refractivity contribution in [3.63, 3.8) is 0 Å². The molecule has 1 amide bonds. The molecular formula is C16H26N2O2. The van der Waals surface area contributed by atoms with Gasteiger partial charge >= 0.3 is 0 Å². The minimum atomic E-state index is 0.175. The predicted octanol–water partition coefficient (Wildman–Crippen LogP) is 2.89. The molecule has 0 bridgehead atoms. The van der Waals surface area contributed by atoms with Crippen molar-refractivity contribution < 1.29 is 9.21 Å². The fourth-order valence-corrected chi connectivity index (χ4v) is 2.96. The summed E-state index contributed by atoms with van der Waals surface area (Å²) in [5, 5.41) is 0. The fourth-order valence-electron chi connectivity index (χ4n) is 2.96. The molecule has 0 aliphatic heterocycles. The van der Waals surface area contributed by atoms with E-state index in [0.29, 0.717) is 19.1 Å². The van der Waals surface area contributed by atoms with Gasteiger partial charge in [0.25, 0.3) is 0 Å². The van der Waals surface area contributed by atoms with E-state index in [9.17, 15) is 4.79 Å². The molecule has 112 valence electrons. The van der Waals surface area contributed by atoms with Gasteiger partial charge in [-0.2, -0.15) is 0 Å². The van der Waals surface area contributed by atoms with Crippen molar-refractivity contribution in [3.8, 4) is 0 Å². The van der Waals surface area contributed by atoms with Gasteiger partial charge in [0.05, 0.1) is 19.4 Å². The van der Waals surface area contributed by atoms with E-state index in [1.807, 2.05) is 19.2 Å². The molecule has 1 aliphatic carbocycles. The molecule has 0 aromatic carbocycles. The predicted molar refractivity (Wildman–Crippen MR) is 79.3 cm³/mol. The molecule has 4 heteroatoms. The van der Waals surface area contributed by atoms with E-state index in [4.69, 9.17) is 4.42 Å². The van der Waals surface area contributed by atoms with Crippen molar-refractivity contribution in [1.29, 1.82) is 0 Å². The maximum atomic E-state index is 12.3. The zero-order chi connectivity index (χ0) is 14.4.